The highest BCUT2D eigenvalue weighted by molar-refractivity contribution is 8.00. The molecule has 2 atom stereocenters. The van der Waals surface area contributed by atoms with Crippen LogP contribution in [-0.4, -0.2) is 51.1 Å². The molecule has 29 heavy (non-hydrogen) atoms. The molecule has 1 saturated heterocycles. The maximum atomic E-state index is 12.6. The van der Waals surface area contributed by atoms with Crippen molar-refractivity contribution in [2.24, 2.45) is 0 Å². The first-order valence-electron chi connectivity index (χ1n) is 9.68. The van der Waals surface area contributed by atoms with Gasteiger partial charge in [-0.25, -0.2) is 4.79 Å². The summed E-state index contributed by atoms with van der Waals surface area (Å²) in [4.78, 5) is 38.0. The van der Waals surface area contributed by atoms with Crippen molar-refractivity contribution in [2.45, 2.75) is 62.4 Å². The Balaban J connectivity index is 1.78. The number of fused-ring (bicyclic) bond motifs is 1. The van der Waals surface area contributed by atoms with Gasteiger partial charge in [-0.3, -0.25) is 9.69 Å². The van der Waals surface area contributed by atoms with Crippen LogP contribution >= 0.6 is 11.8 Å². The van der Waals surface area contributed by atoms with Crippen LogP contribution in [0.2, 0.25) is 18.1 Å². The molecule has 158 valence electrons. The summed E-state index contributed by atoms with van der Waals surface area (Å²) >= 11 is 1.47. The Labute approximate surface area is 176 Å². The summed E-state index contributed by atoms with van der Waals surface area (Å²) in [6, 6.07) is 5.52. The van der Waals surface area contributed by atoms with Crippen molar-refractivity contribution in [3.8, 4) is 0 Å². The predicted molar refractivity (Wildman–Crippen MR) is 116 cm³/mol. The van der Waals surface area contributed by atoms with Crippen molar-refractivity contribution in [1.82, 2.24) is 0 Å². The number of nitrogens with zero attached hydrogens (tertiary/aromatic N) is 1. The topological polar surface area (TPSA) is 84.9 Å². The standard InChI is InChI=1S/C20H28N2O5SSi/c1-20(2,3)29(4,5)27-15(8-9-23)16-11-22(19(25)26-16)13-6-7-17-14(10-13)21-18(24)12-28-17/h6-7,9-10,15-16H,8,11-12H2,1-5H3,(H,21,24). The van der Waals surface area contributed by atoms with Gasteiger partial charge in [0, 0.05) is 17.0 Å². The lowest BCUT2D eigenvalue weighted by Gasteiger charge is -2.39. The van der Waals surface area contributed by atoms with E-state index in [1.165, 1.54) is 16.7 Å². The van der Waals surface area contributed by atoms with Crippen molar-refractivity contribution in [1.29, 1.82) is 0 Å². The number of aldehydes is 1. The average Bonchev–Trinajstić information content (AvgIpc) is 3.01. The number of anilines is 2. The number of thioether (sulfide) groups is 1. The number of hydrogen-bond donors (Lipinski definition) is 1. The minimum absolute atomic E-state index is 0.0230. The summed E-state index contributed by atoms with van der Waals surface area (Å²) in [6.45, 7) is 10.9. The van der Waals surface area contributed by atoms with Crippen molar-refractivity contribution in [3.63, 3.8) is 0 Å². The second-order valence-corrected chi connectivity index (χ2v) is 14.6. The van der Waals surface area contributed by atoms with Crippen LogP contribution in [0.5, 0.6) is 0 Å². The number of ether oxygens (including phenoxy) is 1. The van der Waals surface area contributed by atoms with E-state index in [1.54, 1.807) is 6.07 Å². The molecule has 1 N–H and O–H groups in total. The molecule has 2 aliphatic heterocycles. The predicted octanol–water partition coefficient (Wildman–Crippen LogP) is 4.04. The minimum Gasteiger partial charge on any atom is -0.441 e. The van der Waals surface area contributed by atoms with E-state index in [4.69, 9.17) is 9.16 Å². The first-order valence-corrected chi connectivity index (χ1v) is 13.6. The van der Waals surface area contributed by atoms with E-state index in [0.717, 1.165) is 11.2 Å². The third-order valence-corrected chi connectivity index (χ3v) is 11.3. The smallest absolute Gasteiger partial charge is 0.414 e. The Kier molecular flexibility index (Phi) is 6.12. The zero-order chi connectivity index (χ0) is 21.4. The molecule has 0 radical (unpaired) electrons. The van der Waals surface area contributed by atoms with E-state index in [9.17, 15) is 14.4 Å². The number of nitrogens with one attached hydrogen (secondary N) is 1. The zero-order valence-electron chi connectivity index (χ0n) is 17.5. The van der Waals surface area contributed by atoms with Gasteiger partial charge in [-0.15, -0.1) is 11.8 Å². The van der Waals surface area contributed by atoms with Crippen LogP contribution in [0.25, 0.3) is 0 Å². The van der Waals surface area contributed by atoms with E-state index < -0.39 is 26.6 Å². The van der Waals surface area contributed by atoms with E-state index in [1.807, 2.05) is 12.1 Å². The molecular formula is C20H28N2O5SSi. The van der Waals surface area contributed by atoms with Crippen LogP contribution < -0.4 is 10.2 Å². The first kappa shape index (κ1) is 21.9. The molecule has 0 aromatic heterocycles. The minimum atomic E-state index is -2.14. The van der Waals surface area contributed by atoms with Gasteiger partial charge >= 0.3 is 6.09 Å². The van der Waals surface area contributed by atoms with Crippen LogP contribution in [0.15, 0.2) is 23.1 Å². The molecular weight excluding hydrogens is 408 g/mol. The SMILES string of the molecule is CC(C)(C)[Si](C)(C)OC(CC=O)C1CN(c2ccc3c(c2)NC(=O)CS3)C(=O)O1. The van der Waals surface area contributed by atoms with E-state index in [2.05, 4.69) is 39.2 Å². The van der Waals surface area contributed by atoms with Gasteiger partial charge in [0.15, 0.2) is 8.32 Å². The number of amides is 2. The third kappa shape index (κ3) is 4.67. The maximum absolute atomic E-state index is 12.6. The Morgan fingerprint density at radius 1 is 1.38 bits per heavy atom. The van der Waals surface area contributed by atoms with Crippen molar-refractivity contribution in [2.75, 3.05) is 22.5 Å². The lowest BCUT2D eigenvalue weighted by atomic mass is 10.1. The van der Waals surface area contributed by atoms with Crippen LogP contribution in [0, 0.1) is 0 Å². The molecule has 0 spiro atoms. The van der Waals surface area contributed by atoms with E-state index >= 15 is 0 Å². The molecule has 0 saturated carbocycles. The highest BCUT2D eigenvalue weighted by atomic mass is 32.2. The molecule has 2 heterocycles. The van der Waals surface area contributed by atoms with Gasteiger partial charge in [0.1, 0.15) is 12.4 Å². The number of hydrogen-bond acceptors (Lipinski definition) is 6. The largest absolute Gasteiger partial charge is 0.441 e. The van der Waals surface area contributed by atoms with Gasteiger partial charge in [0.2, 0.25) is 5.91 Å². The van der Waals surface area contributed by atoms with Crippen molar-refractivity contribution < 1.29 is 23.5 Å². The lowest BCUT2D eigenvalue weighted by molar-refractivity contribution is -0.114. The van der Waals surface area contributed by atoms with Gasteiger partial charge in [-0.2, -0.15) is 0 Å². The van der Waals surface area contributed by atoms with E-state index in [-0.39, 0.29) is 17.4 Å². The van der Waals surface area contributed by atoms with Gasteiger partial charge in [-0.05, 0) is 36.3 Å². The summed E-state index contributed by atoms with van der Waals surface area (Å²) in [7, 11) is -2.14. The lowest BCUT2D eigenvalue weighted by Crippen LogP contribution is -2.48. The fourth-order valence-electron chi connectivity index (χ4n) is 3.05. The van der Waals surface area contributed by atoms with Crippen LogP contribution in [0.1, 0.15) is 27.2 Å². The summed E-state index contributed by atoms with van der Waals surface area (Å²) in [5, 5.41) is 2.81. The fraction of sp³-hybridized carbons (Fsp3) is 0.550. The molecule has 7 nitrogen and oxygen atoms in total. The van der Waals surface area contributed by atoms with Crippen LogP contribution in [0.4, 0.5) is 16.2 Å². The van der Waals surface area contributed by atoms with Crippen LogP contribution in [0.3, 0.4) is 0 Å². The number of rotatable bonds is 6. The summed E-state index contributed by atoms with van der Waals surface area (Å²) < 4.78 is 12.0. The number of carbonyl (C=O) groups is 3. The Morgan fingerprint density at radius 2 is 2.10 bits per heavy atom. The second-order valence-electron chi connectivity index (χ2n) is 8.87. The van der Waals surface area contributed by atoms with Gasteiger partial charge < -0.3 is 19.3 Å². The molecule has 2 unspecified atom stereocenters. The fourth-order valence-corrected chi connectivity index (χ4v) is 5.20. The number of benzene rings is 1. The van der Waals surface area contributed by atoms with Crippen molar-refractivity contribution >= 4 is 49.7 Å². The molecule has 2 aliphatic rings. The Morgan fingerprint density at radius 3 is 2.76 bits per heavy atom. The molecule has 1 aromatic rings. The monoisotopic (exact) mass is 436 g/mol. The zero-order valence-corrected chi connectivity index (χ0v) is 19.3. The maximum Gasteiger partial charge on any atom is 0.414 e. The van der Waals surface area contributed by atoms with E-state index in [0.29, 0.717) is 23.7 Å². The average molecular weight is 437 g/mol. The highest BCUT2D eigenvalue weighted by Gasteiger charge is 2.44. The molecule has 1 fully saturated rings. The van der Waals surface area contributed by atoms with Gasteiger partial charge in [0.05, 0.1) is 24.1 Å². The third-order valence-electron chi connectivity index (χ3n) is 5.74. The van der Waals surface area contributed by atoms with Gasteiger partial charge in [0.25, 0.3) is 0 Å². The molecule has 9 heteroatoms. The molecule has 0 aliphatic carbocycles. The first-order chi connectivity index (χ1) is 13.5. The molecule has 0 bridgehead atoms. The number of cyclic esters (lactones) is 1. The van der Waals surface area contributed by atoms with Crippen molar-refractivity contribution in [3.05, 3.63) is 18.2 Å². The van der Waals surface area contributed by atoms with Crippen LogP contribution in [-0.2, 0) is 18.8 Å². The molecule has 2 amide bonds. The second kappa shape index (κ2) is 8.12. The Hall–Kier alpha value is -1.84. The summed E-state index contributed by atoms with van der Waals surface area (Å²) in [5.74, 6) is 0.327. The van der Waals surface area contributed by atoms with Gasteiger partial charge in [-0.1, -0.05) is 20.8 Å². The molecule has 3 rings (SSSR count). The highest BCUT2D eigenvalue weighted by Crippen LogP contribution is 2.39. The number of carbonyl (C=O) groups excluding carboxylic acids is 3. The molecule has 1 aromatic carbocycles. The Bertz CT molecular complexity index is 824. The summed E-state index contributed by atoms with van der Waals surface area (Å²) in [5.41, 5.74) is 1.35. The quantitative estimate of drug-likeness (QED) is 0.535. The normalized spacial score (nSPS) is 20.7. The summed E-state index contributed by atoms with van der Waals surface area (Å²) in [6.07, 6.45) is -0.480.